The van der Waals surface area contributed by atoms with Crippen LogP contribution in [-0.2, 0) is 0 Å². The van der Waals surface area contributed by atoms with E-state index in [0.29, 0.717) is 22.0 Å². The largest absolute Gasteiger partial charge is 0.323 e. The summed E-state index contributed by atoms with van der Waals surface area (Å²) in [5.74, 6) is 0. The summed E-state index contributed by atoms with van der Waals surface area (Å²) in [7, 11) is 0. The Hall–Kier alpha value is -2.51. The van der Waals surface area contributed by atoms with E-state index in [-0.39, 0.29) is 0 Å². The number of halogens is 1. The van der Waals surface area contributed by atoms with Gasteiger partial charge in [-0.15, -0.1) is 0 Å². The van der Waals surface area contributed by atoms with E-state index in [1.54, 1.807) is 24.3 Å². The molecule has 0 aliphatic heterocycles. The molecule has 2 aromatic carbocycles. The average Bonchev–Trinajstić information content (AvgIpc) is 2.40. The van der Waals surface area contributed by atoms with Crippen LogP contribution in [0.2, 0.25) is 5.02 Å². The summed E-state index contributed by atoms with van der Waals surface area (Å²) in [6.07, 6.45) is 0. The Morgan fingerprint density at radius 2 is 1.84 bits per heavy atom. The molecule has 0 heterocycles. The van der Waals surface area contributed by atoms with Crippen LogP contribution in [0.25, 0.3) is 0 Å². The summed E-state index contributed by atoms with van der Waals surface area (Å²) >= 11 is 5.84. The minimum Gasteiger partial charge on any atom is -0.308 e. The zero-order valence-corrected chi connectivity index (χ0v) is 10.6. The van der Waals surface area contributed by atoms with Gasteiger partial charge >= 0.3 is 6.03 Å². The third-order valence-electron chi connectivity index (χ3n) is 2.38. The first-order valence-electron chi connectivity index (χ1n) is 5.52. The molecule has 0 saturated heterocycles. The predicted octanol–water partition coefficient (Wildman–Crippen LogP) is 3.86. The van der Waals surface area contributed by atoms with Gasteiger partial charge in [0.15, 0.2) is 0 Å². The molecule has 2 aromatic rings. The van der Waals surface area contributed by atoms with Crippen molar-refractivity contribution in [2.24, 2.45) is 0 Å². The van der Waals surface area contributed by atoms with E-state index in [9.17, 15) is 4.79 Å². The van der Waals surface area contributed by atoms with Crippen LogP contribution in [0.15, 0.2) is 48.5 Å². The number of urea groups is 1. The molecule has 2 rings (SSSR count). The van der Waals surface area contributed by atoms with E-state index in [0.717, 1.165) is 0 Å². The fourth-order valence-electron chi connectivity index (χ4n) is 1.52. The third-order valence-corrected chi connectivity index (χ3v) is 2.62. The number of nitriles is 1. The minimum atomic E-state index is -0.426. The Morgan fingerprint density at radius 1 is 1.11 bits per heavy atom. The monoisotopic (exact) mass is 271 g/mol. The van der Waals surface area contributed by atoms with E-state index in [1.807, 2.05) is 24.3 Å². The first kappa shape index (κ1) is 12.9. The van der Waals surface area contributed by atoms with Crippen molar-refractivity contribution >= 4 is 29.0 Å². The summed E-state index contributed by atoms with van der Waals surface area (Å²) in [6, 6.07) is 15.3. The lowest BCUT2D eigenvalue weighted by Gasteiger charge is -2.09. The fourth-order valence-corrected chi connectivity index (χ4v) is 1.70. The van der Waals surface area contributed by atoms with Gasteiger partial charge in [-0.25, -0.2) is 4.79 Å². The van der Waals surface area contributed by atoms with Crippen molar-refractivity contribution < 1.29 is 4.79 Å². The summed E-state index contributed by atoms with van der Waals surface area (Å²) in [5, 5.41) is 14.7. The summed E-state index contributed by atoms with van der Waals surface area (Å²) in [4.78, 5) is 11.8. The molecule has 0 bridgehead atoms. The lowest BCUT2D eigenvalue weighted by molar-refractivity contribution is 0.262. The van der Waals surface area contributed by atoms with Gasteiger partial charge in [0.25, 0.3) is 0 Å². The lowest BCUT2D eigenvalue weighted by Crippen LogP contribution is -2.19. The predicted molar refractivity (Wildman–Crippen MR) is 75.3 cm³/mol. The molecule has 19 heavy (non-hydrogen) atoms. The van der Waals surface area contributed by atoms with Gasteiger partial charge in [0.2, 0.25) is 0 Å². The second-order valence-electron chi connectivity index (χ2n) is 3.75. The number of nitrogens with zero attached hydrogens (tertiary/aromatic N) is 1. The fraction of sp³-hybridized carbons (Fsp3) is 0. The quantitative estimate of drug-likeness (QED) is 0.871. The molecular weight excluding hydrogens is 262 g/mol. The van der Waals surface area contributed by atoms with E-state index < -0.39 is 6.03 Å². The second-order valence-corrected chi connectivity index (χ2v) is 4.18. The van der Waals surface area contributed by atoms with Crippen LogP contribution in [-0.4, -0.2) is 6.03 Å². The maximum absolute atomic E-state index is 11.8. The Balaban J connectivity index is 2.11. The summed E-state index contributed by atoms with van der Waals surface area (Å²) < 4.78 is 0. The summed E-state index contributed by atoms with van der Waals surface area (Å²) in [6.45, 7) is 0. The van der Waals surface area contributed by atoms with Crippen molar-refractivity contribution in [2.75, 3.05) is 10.6 Å². The molecule has 0 aliphatic rings. The van der Waals surface area contributed by atoms with Gasteiger partial charge in [-0.05, 0) is 30.3 Å². The van der Waals surface area contributed by atoms with Gasteiger partial charge in [0.05, 0.1) is 11.3 Å². The Labute approximate surface area is 115 Å². The van der Waals surface area contributed by atoms with Crippen LogP contribution in [0.1, 0.15) is 5.56 Å². The molecule has 2 N–H and O–H groups in total. The maximum atomic E-state index is 11.8. The van der Waals surface area contributed by atoms with E-state index in [1.165, 1.54) is 6.07 Å². The second kappa shape index (κ2) is 5.89. The van der Waals surface area contributed by atoms with Crippen molar-refractivity contribution in [3.8, 4) is 6.07 Å². The zero-order valence-electron chi connectivity index (χ0n) is 9.85. The Morgan fingerprint density at radius 3 is 2.53 bits per heavy atom. The SMILES string of the molecule is N#Cc1ccc(Cl)cc1NC(=O)Nc1ccccc1. The highest BCUT2D eigenvalue weighted by Crippen LogP contribution is 2.20. The van der Waals surface area contributed by atoms with Gasteiger partial charge in [0.1, 0.15) is 6.07 Å². The van der Waals surface area contributed by atoms with Gasteiger partial charge in [-0.2, -0.15) is 5.26 Å². The number of hydrogen-bond acceptors (Lipinski definition) is 2. The number of amides is 2. The van der Waals surface area contributed by atoms with Gasteiger partial charge in [-0.3, -0.25) is 0 Å². The molecule has 0 aromatic heterocycles. The van der Waals surface area contributed by atoms with Crippen LogP contribution in [0.4, 0.5) is 16.2 Å². The standard InChI is InChI=1S/C14H10ClN3O/c15-11-7-6-10(9-16)13(8-11)18-14(19)17-12-4-2-1-3-5-12/h1-8H,(H2,17,18,19). The van der Waals surface area contributed by atoms with E-state index in [2.05, 4.69) is 10.6 Å². The number of rotatable bonds is 2. The van der Waals surface area contributed by atoms with E-state index in [4.69, 9.17) is 16.9 Å². The van der Waals surface area contributed by atoms with Crippen LogP contribution in [0, 0.1) is 11.3 Å². The number of anilines is 2. The average molecular weight is 272 g/mol. The van der Waals surface area contributed by atoms with Crippen LogP contribution >= 0.6 is 11.6 Å². The highest BCUT2D eigenvalue weighted by Gasteiger charge is 2.07. The smallest absolute Gasteiger partial charge is 0.308 e. The van der Waals surface area contributed by atoms with Crippen molar-refractivity contribution in [1.29, 1.82) is 5.26 Å². The Bertz CT molecular complexity index is 635. The molecule has 0 unspecified atom stereocenters. The van der Waals surface area contributed by atoms with Crippen molar-refractivity contribution in [3.63, 3.8) is 0 Å². The molecule has 0 aliphatic carbocycles. The molecule has 2 amide bonds. The summed E-state index contributed by atoms with van der Waals surface area (Å²) in [5.41, 5.74) is 1.40. The molecule has 5 heteroatoms. The zero-order chi connectivity index (χ0) is 13.7. The van der Waals surface area contributed by atoms with Crippen LogP contribution in [0.5, 0.6) is 0 Å². The van der Waals surface area contributed by atoms with Gasteiger partial charge in [0, 0.05) is 10.7 Å². The number of benzene rings is 2. The third kappa shape index (κ3) is 3.47. The lowest BCUT2D eigenvalue weighted by atomic mass is 10.2. The number of carbonyl (C=O) groups is 1. The maximum Gasteiger partial charge on any atom is 0.323 e. The normalized spacial score (nSPS) is 9.47. The number of carbonyl (C=O) groups excluding carboxylic acids is 1. The van der Waals surface area contributed by atoms with Crippen molar-refractivity contribution in [1.82, 2.24) is 0 Å². The molecule has 0 fully saturated rings. The topological polar surface area (TPSA) is 64.9 Å². The molecule has 0 saturated carbocycles. The molecular formula is C14H10ClN3O. The van der Waals surface area contributed by atoms with Gasteiger partial charge in [-0.1, -0.05) is 29.8 Å². The number of para-hydroxylation sites is 1. The first-order chi connectivity index (χ1) is 9.19. The molecule has 0 radical (unpaired) electrons. The van der Waals surface area contributed by atoms with Crippen LogP contribution in [0.3, 0.4) is 0 Å². The molecule has 0 spiro atoms. The van der Waals surface area contributed by atoms with E-state index >= 15 is 0 Å². The number of nitrogens with one attached hydrogen (secondary N) is 2. The highest BCUT2D eigenvalue weighted by atomic mass is 35.5. The number of hydrogen-bond donors (Lipinski definition) is 2. The Kier molecular flexibility index (Phi) is 4.01. The molecule has 0 atom stereocenters. The van der Waals surface area contributed by atoms with Gasteiger partial charge < -0.3 is 10.6 Å². The highest BCUT2D eigenvalue weighted by molar-refractivity contribution is 6.31. The van der Waals surface area contributed by atoms with Crippen molar-refractivity contribution in [3.05, 3.63) is 59.1 Å². The van der Waals surface area contributed by atoms with Crippen LogP contribution < -0.4 is 10.6 Å². The minimum absolute atomic E-state index is 0.354. The molecule has 4 nitrogen and oxygen atoms in total. The molecule has 94 valence electrons. The van der Waals surface area contributed by atoms with Crippen molar-refractivity contribution in [2.45, 2.75) is 0 Å². The first-order valence-corrected chi connectivity index (χ1v) is 5.89.